The van der Waals surface area contributed by atoms with Gasteiger partial charge in [0.15, 0.2) is 0 Å². The number of aryl methyl sites for hydroxylation is 1. The molecule has 0 spiro atoms. The van der Waals surface area contributed by atoms with Crippen molar-refractivity contribution < 1.29 is 0 Å². The SMILES string of the molecule is C#CC/C=C\C(=C/C)c1cc2c(C)nccc2nc1C(/C=C\CCN)=C/CC. The van der Waals surface area contributed by atoms with E-state index >= 15 is 0 Å². The minimum atomic E-state index is 0.600. The van der Waals surface area contributed by atoms with Gasteiger partial charge in [-0.05, 0) is 56.5 Å². The molecule has 0 aliphatic rings. The number of pyridine rings is 2. The van der Waals surface area contributed by atoms with Gasteiger partial charge >= 0.3 is 0 Å². The van der Waals surface area contributed by atoms with Crippen LogP contribution >= 0.6 is 0 Å². The van der Waals surface area contributed by atoms with E-state index in [4.69, 9.17) is 17.1 Å². The molecule has 3 nitrogen and oxygen atoms in total. The van der Waals surface area contributed by atoms with Crippen molar-refractivity contribution in [2.75, 3.05) is 6.54 Å². The van der Waals surface area contributed by atoms with Gasteiger partial charge in [-0.3, -0.25) is 4.98 Å². The second-order valence-corrected chi connectivity index (χ2v) is 6.45. The molecule has 3 heteroatoms. The van der Waals surface area contributed by atoms with Crippen molar-refractivity contribution in [3.05, 3.63) is 71.7 Å². The summed E-state index contributed by atoms with van der Waals surface area (Å²) in [5, 5.41) is 1.06. The molecule has 0 aliphatic carbocycles. The van der Waals surface area contributed by atoms with E-state index in [1.165, 1.54) is 0 Å². The molecule has 0 unspecified atom stereocenters. The molecule has 2 heterocycles. The standard InChI is InChI=1S/C25H29N3/c1-5-8-9-13-20(7-3)23-18-22-19(4)27-17-15-24(22)28-25(23)21(12-6-2)14-10-11-16-26/h1,7,9-10,12-15,17-18H,6,8,11,16,26H2,2-4H3/b13-9-,14-10-,20-7+,21-12+. The van der Waals surface area contributed by atoms with Gasteiger partial charge in [-0.2, -0.15) is 0 Å². The Labute approximate surface area is 168 Å². The van der Waals surface area contributed by atoms with E-state index in [2.05, 4.69) is 54.3 Å². The van der Waals surface area contributed by atoms with E-state index in [0.717, 1.165) is 51.8 Å². The summed E-state index contributed by atoms with van der Waals surface area (Å²) in [5.74, 6) is 2.66. The Morgan fingerprint density at radius 3 is 2.71 bits per heavy atom. The molecular formula is C25H29N3. The second-order valence-electron chi connectivity index (χ2n) is 6.45. The molecule has 144 valence electrons. The van der Waals surface area contributed by atoms with Gasteiger partial charge in [-0.15, -0.1) is 12.3 Å². The first-order chi connectivity index (χ1) is 13.7. The van der Waals surface area contributed by atoms with E-state index in [0.29, 0.717) is 13.0 Å². The van der Waals surface area contributed by atoms with Crippen molar-refractivity contribution in [2.24, 2.45) is 5.73 Å². The largest absolute Gasteiger partial charge is 0.330 e. The average Bonchev–Trinajstić information content (AvgIpc) is 2.70. The fourth-order valence-electron chi connectivity index (χ4n) is 3.04. The minimum Gasteiger partial charge on any atom is -0.330 e. The van der Waals surface area contributed by atoms with E-state index in [-0.39, 0.29) is 0 Å². The van der Waals surface area contributed by atoms with Crippen molar-refractivity contribution in [3.63, 3.8) is 0 Å². The van der Waals surface area contributed by atoms with Crippen LogP contribution in [0.1, 0.15) is 50.1 Å². The summed E-state index contributed by atoms with van der Waals surface area (Å²) in [4.78, 5) is 9.46. The molecule has 0 atom stereocenters. The molecule has 0 saturated heterocycles. The summed E-state index contributed by atoms with van der Waals surface area (Å²) >= 11 is 0. The predicted molar refractivity (Wildman–Crippen MR) is 122 cm³/mol. The highest BCUT2D eigenvalue weighted by Gasteiger charge is 2.13. The Balaban J connectivity index is 2.74. The Morgan fingerprint density at radius 1 is 1.25 bits per heavy atom. The Hall–Kier alpha value is -2.96. The van der Waals surface area contributed by atoms with Gasteiger partial charge in [0, 0.05) is 29.3 Å². The van der Waals surface area contributed by atoms with Gasteiger partial charge in [0.1, 0.15) is 0 Å². The molecule has 0 fully saturated rings. The van der Waals surface area contributed by atoms with Crippen LogP contribution in [0.5, 0.6) is 0 Å². The van der Waals surface area contributed by atoms with E-state index in [1.54, 1.807) is 0 Å². The molecule has 0 saturated carbocycles. The van der Waals surface area contributed by atoms with Crippen molar-refractivity contribution in [2.45, 2.75) is 40.0 Å². The fourth-order valence-corrected chi connectivity index (χ4v) is 3.04. The third-order valence-corrected chi connectivity index (χ3v) is 4.43. The highest BCUT2D eigenvalue weighted by molar-refractivity contribution is 5.92. The zero-order valence-electron chi connectivity index (χ0n) is 17.1. The third kappa shape index (κ3) is 5.28. The van der Waals surface area contributed by atoms with Crippen LogP contribution in [0.2, 0.25) is 0 Å². The lowest BCUT2D eigenvalue weighted by molar-refractivity contribution is 1.01. The van der Waals surface area contributed by atoms with Gasteiger partial charge in [-0.25, -0.2) is 4.98 Å². The molecule has 0 aliphatic heterocycles. The molecule has 0 aromatic carbocycles. The molecule has 28 heavy (non-hydrogen) atoms. The van der Waals surface area contributed by atoms with Crippen LogP contribution in [0, 0.1) is 19.3 Å². The van der Waals surface area contributed by atoms with Crippen LogP contribution in [0.3, 0.4) is 0 Å². The topological polar surface area (TPSA) is 51.8 Å². The number of allylic oxidation sites excluding steroid dienone is 7. The maximum absolute atomic E-state index is 5.66. The number of aromatic nitrogens is 2. The summed E-state index contributed by atoms with van der Waals surface area (Å²) in [5.41, 5.74) is 11.8. The number of nitrogens with zero attached hydrogens (tertiary/aromatic N) is 2. The van der Waals surface area contributed by atoms with Crippen molar-refractivity contribution in [3.8, 4) is 12.3 Å². The van der Waals surface area contributed by atoms with Gasteiger partial charge in [0.2, 0.25) is 0 Å². The number of rotatable bonds is 8. The summed E-state index contributed by atoms with van der Waals surface area (Å²) in [6.45, 7) is 6.82. The number of nitrogens with two attached hydrogens (primary N) is 1. The molecule has 2 N–H and O–H groups in total. The van der Waals surface area contributed by atoms with Gasteiger partial charge in [0.05, 0.1) is 11.2 Å². The minimum absolute atomic E-state index is 0.600. The number of hydrogen-bond donors (Lipinski definition) is 1. The quantitative estimate of drug-likeness (QED) is 0.484. The number of terminal acetylenes is 1. The first kappa shape index (κ1) is 21.3. The molecule has 2 rings (SSSR count). The highest BCUT2D eigenvalue weighted by Crippen LogP contribution is 2.30. The van der Waals surface area contributed by atoms with Gasteiger partial charge in [-0.1, -0.05) is 43.4 Å². The molecule has 0 amide bonds. The van der Waals surface area contributed by atoms with Crippen molar-refractivity contribution >= 4 is 22.0 Å². The van der Waals surface area contributed by atoms with E-state index in [1.807, 2.05) is 32.2 Å². The second kappa shape index (κ2) is 11.0. The molecule has 0 radical (unpaired) electrons. The highest BCUT2D eigenvalue weighted by atomic mass is 14.7. The van der Waals surface area contributed by atoms with Crippen LogP contribution in [0.25, 0.3) is 22.0 Å². The van der Waals surface area contributed by atoms with Gasteiger partial charge < -0.3 is 5.73 Å². The van der Waals surface area contributed by atoms with Gasteiger partial charge in [0.25, 0.3) is 0 Å². The van der Waals surface area contributed by atoms with Crippen LogP contribution < -0.4 is 5.73 Å². The van der Waals surface area contributed by atoms with Crippen molar-refractivity contribution in [1.82, 2.24) is 9.97 Å². The first-order valence-electron chi connectivity index (χ1n) is 9.76. The van der Waals surface area contributed by atoms with Crippen LogP contribution in [-0.4, -0.2) is 16.5 Å². The predicted octanol–water partition coefficient (Wildman–Crippen LogP) is 5.62. The maximum atomic E-state index is 5.66. The van der Waals surface area contributed by atoms with E-state index < -0.39 is 0 Å². The number of fused-ring (bicyclic) bond motifs is 1. The van der Waals surface area contributed by atoms with Crippen LogP contribution in [0.15, 0.2) is 54.8 Å². The van der Waals surface area contributed by atoms with Crippen LogP contribution in [0.4, 0.5) is 0 Å². The smallest absolute Gasteiger partial charge is 0.0784 e. The Kier molecular flexibility index (Phi) is 8.39. The Bertz CT molecular complexity index is 969. The molecule has 2 aromatic heterocycles. The normalized spacial score (nSPS) is 13.0. The molecule has 0 bridgehead atoms. The van der Waals surface area contributed by atoms with Crippen molar-refractivity contribution in [1.29, 1.82) is 0 Å². The maximum Gasteiger partial charge on any atom is 0.0784 e. The summed E-state index contributed by atoms with van der Waals surface area (Å²) in [6, 6.07) is 4.15. The van der Waals surface area contributed by atoms with E-state index in [9.17, 15) is 0 Å². The molecular weight excluding hydrogens is 342 g/mol. The summed E-state index contributed by atoms with van der Waals surface area (Å²) < 4.78 is 0. The third-order valence-electron chi connectivity index (χ3n) is 4.43. The lowest BCUT2D eigenvalue weighted by Gasteiger charge is -2.14. The zero-order valence-corrected chi connectivity index (χ0v) is 17.1. The fraction of sp³-hybridized carbons (Fsp3) is 0.280. The lowest BCUT2D eigenvalue weighted by Crippen LogP contribution is -1.99. The monoisotopic (exact) mass is 371 g/mol. The Morgan fingerprint density at radius 2 is 2.04 bits per heavy atom. The summed E-state index contributed by atoms with van der Waals surface area (Å²) in [7, 11) is 0. The average molecular weight is 372 g/mol. The first-order valence-corrected chi connectivity index (χ1v) is 9.76. The van der Waals surface area contributed by atoms with Crippen LogP contribution in [-0.2, 0) is 0 Å². The number of hydrogen-bond acceptors (Lipinski definition) is 3. The zero-order chi connectivity index (χ0) is 20.4. The summed E-state index contributed by atoms with van der Waals surface area (Å²) in [6.07, 6.45) is 22.2. The molecule has 2 aromatic rings. The lowest BCUT2D eigenvalue weighted by atomic mass is 9.95.